The zero-order valence-electron chi connectivity index (χ0n) is 11.5. The Morgan fingerprint density at radius 1 is 0.810 bits per heavy atom. The highest BCUT2D eigenvalue weighted by Crippen LogP contribution is 2.48. The van der Waals surface area contributed by atoms with Crippen molar-refractivity contribution in [1.29, 1.82) is 0 Å². The molecule has 3 aromatic carbocycles. The molecule has 0 aromatic heterocycles. The first kappa shape index (κ1) is 13.2. The fourth-order valence-corrected chi connectivity index (χ4v) is 2.79. The van der Waals surface area contributed by atoms with Crippen molar-refractivity contribution < 1.29 is 15.0 Å². The number of carboxylic acids is 1. The summed E-state index contributed by atoms with van der Waals surface area (Å²) < 4.78 is 0. The Balaban J connectivity index is 0.000000298. The van der Waals surface area contributed by atoms with Crippen molar-refractivity contribution in [3.05, 3.63) is 54.6 Å². The summed E-state index contributed by atoms with van der Waals surface area (Å²) in [7, 11) is 0. The van der Waals surface area contributed by atoms with Crippen LogP contribution in [0.4, 0.5) is 0 Å². The zero-order chi connectivity index (χ0) is 15.0. The number of benzene rings is 3. The van der Waals surface area contributed by atoms with Crippen LogP contribution in [0.15, 0.2) is 54.6 Å². The predicted octanol–water partition coefficient (Wildman–Crippen LogP) is 4.28. The van der Waals surface area contributed by atoms with E-state index in [4.69, 9.17) is 9.90 Å². The number of hydrogen-bond acceptors (Lipinski definition) is 2. The fourth-order valence-electron chi connectivity index (χ4n) is 2.79. The molecule has 0 saturated carbocycles. The molecule has 0 unspecified atom stereocenters. The molecular weight excluding hydrogens is 264 g/mol. The van der Waals surface area contributed by atoms with Crippen molar-refractivity contribution in [2.45, 2.75) is 6.92 Å². The molecule has 0 amide bonds. The second-order valence-corrected chi connectivity index (χ2v) is 4.92. The Hall–Kier alpha value is -2.81. The van der Waals surface area contributed by atoms with Crippen molar-refractivity contribution in [2.24, 2.45) is 0 Å². The number of rotatable bonds is 0. The summed E-state index contributed by atoms with van der Waals surface area (Å²) in [5, 5.41) is 19.5. The van der Waals surface area contributed by atoms with E-state index in [9.17, 15) is 5.11 Å². The van der Waals surface area contributed by atoms with E-state index in [1.54, 1.807) is 6.07 Å². The van der Waals surface area contributed by atoms with Crippen LogP contribution in [0, 0.1) is 0 Å². The molecule has 1 aliphatic carbocycles. The van der Waals surface area contributed by atoms with Crippen molar-refractivity contribution in [3.8, 4) is 28.0 Å². The number of fused-ring (bicyclic) bond motifs is 3. The number of phenols is 1. The molecule has 3 aromatic rings. The van der Waals surface area contributed by atoms with E-state index in [1.165, 1.54) is 27.6 Å². The first-order valence-corrected chi connectivity index (χ1v) is 6.63. The van der Waals surface area contributed by atoms with Crippen LogP contribution in [-0.4, -0.2) is 16.2 Å². The molecule has 0 bridgehead atoms. The van der Waals surface area contributed by atoms with Crippen molar-refractivity contribution in [2.75, 3.05) is 0 Å². The average Bonchev–Trinajstić information content (AvgIpc) is 2.78. The maximum absolute atomic E-state index is 9.93. The second-order valence-electron chi connectivity index (χ2n) is 4.92. The van der Waals surface area contributed by atoms with Gasteiger partial charge in [-0.3, -0.25) is 4.79 Å². The maximum Gasteiger partial charge on any atom is 0.300 e. The lowest BCUT2D eigenvalue weighted by Gasteiger charge is -2.03. The topological polar surface area (TPSA) is 57.5 Å². The van der Waals surface area contributed by atoms with Gasteiger partial charge in [0.15, 0.2) is 0 Å². The number of carboxylic acid groups (broad SMARTS) is 1. The maximum atomic E-state index is 9.93. The molecule has 0 atom stereocenters. The Morgan fingerprint density at radius 2 is 1.33 bits per heavy atom. The van der Waals surface area contributed by atoms with Gasteiger partial charge in [0.05, 0.1) is 0 Å². The van der Waals surface area contributed by atoms with Gasteiger partial charge in [0, 0.05) is 17.7 Å². The molecule has 1 aliphatic rings. The predicted molar refractivity (Wildman–Crippen MR) is 83.4 cm³/mol. The van der Waals surface area contributed by atoms with Gasteiger partial charge in [0.25, 0.3) is 5.97 Å². The van der Waals surface area contributed by atoms with Gasteiger partial charge in [-0.2, -0.15) is 0 Å². The van der Waals surface area contributed by atoms with E-state index >= 15 is 0 Å². The van der Waals surface area contributed by atoms with Crippen molar-refractivity contribution in [3.63, 3.8) is 0 Å². The van der Waals surface area contributed by atoms with Crippen LogP contribution in [0.1, 0.15) is 6.92 Å². The van der Waals surface area contributed by atoms with Gasteiger partial charge in [-0.15, -0.1) is 0 Å². The van der Waals surface area contributed by atoms with Crippen molar-refractivity contribution in [1.82, 2.24) is 0 Å². The lowest BCUT2D eigenvalue weighted by molar-refractivity contribution is -0.134. The molecule has 0 spiro atoms. The van der Waals surface area contributed by atoms with Gasteiger partial charge in [-0.05, 0) is 28.3 Å². The van der Waals surface area contributed by atoms with Crippen LogP contribution in [0.2, 0.25) is 0 Å². The monoisotopic (exact) mass is 278 g/mol. The standard InChI is InChI=1S/C16H10O.C2H4O2/c17-15-9-8-13-11-5-2-1-4-10(11)12-6-3-7-14(15)16(12)13;1-2(3)4/h1-9,17H;1H3,(H,3,4). The molecule has 0 heterocycles. The minimum Gasteiger partial charge on any atom is -0.507 e. The Bertz CT molecular complexity index is 817. The fraction of sp³-hybridized carbons (Fsp3) is 0.0556. The number of hydrogen-bond donors (Lipinski definition) is 2. The molecule has 0 aliphatic heterocycles. The first-order chi connectivity index (χ1) is 10.1. The van der Waals surface area contributed by atoms with Gasteiger partial charge in [-0.1, -0.05) is 48.5 Å². The number of aliphatic carboxylic acids is 1. The first-order valence-electron chi connectivity index (χ1n) is 6.63. The molecule has 0 radical (unpaired) electrons. The van der Waals surface area contributed by atoms with E-state index < -0.39 is 5.97 Å². The summed E-state index contributed by atoms with van der Waals surface area (Å²) in [6.45, 7) is 1.08. The average molecular weight is 278 g/mol. The van der Waals surface area contributed by atoms with Crippen LogP contribution in [-0.2, 0) is 4.79 Å². The highest BCUT2D eigenvalue weighted by molar-refractivity contribution is 6.16. The van der Waals surface area contributed by atoms with Crippen LogP contribution < -0.4 is 0 Å². The van der Waals surface area contributed by atoms with Crippen LogP contribution >= 0.6 is 0 Å². The SMILES string of the molecule is CC(=O)O.Oc1ccc2c3c(cccc13)-c1ccccc1-2. The van der Waals surface area contributed by atoms with Crippen molar-refractivity contribution >= 4 is 16.7 Å². The molecule has 3 nitrogen and oxygen atoms in total. The summed E-state index contributed by atoms with van der Waals surface area (Å²) in [5.41, 5.74) is 4.98. The van der Waals surface area contributed by atoms with Crippen LogP contribution in [0.25, 0.3) is 33.0 Å². The Kier molecular flexibility index (Phi) is 3.10. The third-order valence-electron chi connectivity index (χ3n) is 3.53. The summed E-state index contributed by atoms with van der Waals surface area (Å²) >= 11 is 0. The van der Waals surface area contributed by atoms with Gasteiger partial charge >= 0.3 is 0 Å². The highest BCUT2D eigenvalue weighted by atomic mass is 16.4. The van der Waals surface area contributed by atoms with E-state index in [0.29, 0.717) is 5.75 Å². The van der Waals surface area contributed by atoms with Gasteiger partial charge < -0.3 is 10.2 Å². The largest absolute Gasteiger partial charge is 0.507 e. The van der Waals surface area contributed by atoms with Gasteiger partial charge in [0.1, 0.15) is 5.75 Å². The minimum absolute atomic E-state index is 0.360. The van der Waals surface area contributed by atoms with E-state index in [-0.39, 0.29) is 0 Å². The zero-order valence-corrected chi connectivity index (χ0v) is 11.5. The summed E-state index contributed by atoms with van der Waals surface area (Å²) in [6, 6.07) is 18.3. The molecule has 4 rings (SSSR count). The van der Waals surface area contributed by atoms with Crippen LogP contribution in [0.3, 0.4) is 0 Å². The highest BCUT2D eigenvalue weighted by Gasteiger charge is 2.21. The Morgan fingerprint density at radius 3 is 1.95 bits per heavy atom. The molecule has 3 heteroatoms. The third-order valence-corrected chi connectivity index (χ3v) is 3.53. The van der Waals surface area contributed by atoms with Gasteiger partial charge in [0.2, 0.25) is 0 Å². The minimum atomic E-state index is -0.833. The number of aromatic hydroxyl groups is 1. The number of carbonyl (C=O) groups is 1. The quantitative estimate of drug-likeness (QED) is 0.504. The molecule has 2 N–H and O–H groups in total. The van der Waals surface area contributed by atoms with Gasteiger partial charge in [-0.25, -0.2) is 0 Å². The van der Waals surface area contributed by atoms with E-state index in [1.807, 2.05) is 18.2 Å². The Labute approximate surface area is 122 Å². The van der Waals surface area contributed by atoms with E-state index in [0.717, 1.165) is 12.3 Å². The lowest BCUT2D eigenvalue weighted by Crippen LogP contribution is -1.78. The molecular formula is C18H14O3. The number of phenolic OH excluding ortho intramolecular Hbond substituents is 1. The lowest BCUT2D eigenvalue weighted by atomic mass is 10.0. The smallest absolute Gasteiger partial charge is 0.300 e. The molecule has 104 valence electrons. The second kappa shape index (κ2) is 4.94. The summed E-state index contributed by atoms with van der Waals surface area (Å²) in [4.78, 5) is 9.00. The summed E-state index contributed by atoms with van der Waals surface area (Å²) in [6.07, 6.45) is 0. The normalized spacial score (nSPS) is 10.7. The third kappa shape index (κ3) is 2.13. The van der Waals surface area contributed by atoms with Crippen LogP contribution in [0.5, 0.6) is 5.75 Å². The molecule has 0 fully saturated rings. The molecule has 0 saturated heterocycles. The van der Waals surface area contributed by atoms with E-state index in [2.05, 4.69) is 30.3 Å². The summed E-state index contributed by atoms with van der Waals surface area (Å²) in [5.74, 6) is -0.474. The molecule has 21 heavy (non-hydrogen) atoms.